The van der Waals surface area contributed by atoms with Crippen LogP contribution >= 0.6 is 0 Å². The van der Waals surface area contributed by atoms with Gasteiger partial charge in [-0.05, 0) is 31.7 Å². The molecule has 0 radical (unpaired) electrons. The lowest BCUT2D eigenvalue weighted by molar-refractivity contribution is -0.136. The number of nitrogens with zero attached hydrogens (tertiary/aromatic N) is 3. The van der Waals surface area contributed by atoms with Gasteiger partial charge in [-0.25, -0.2) is 4.98 Å². The van der Waals surface area contributed by atoms with Gasteiger partial charge in [-0.3, -0.25) is 4.79 Å². The van der Waals surface area contributed by atoms with Crippen LogP contribution in [0.5, 0.6) is 0 Å². The van der Waals surface area contributed by atoms with Crippen LogP contribution in [-0.4, -0.2) is 34.0 Å². The Bertz CT molecular complexity index is 801. The standard InChI is InChI=1S/C18H22F3N3O2/c1-3-6-14(25)24-8-5-7-11(10-24)16-15-13(18(19,20)21)9-12(4-2)22-17(15)26-23-16/h9,11H,3-8,10H2,1-2H3/t11-/m1/s1. The highest BCUT2D eigenvalue weighted by molar-refractivity contribution is 5.82. The molecular weight excluding hydrogens is 347 g/mol. The van der Waals surface area contributed by atoms with Gasteiger partial charge in [0, 0.05) is 31.1 Å². The van der Waals surface area contributed by atoms with E-state index in [2.05, 4.69) is 10.1 Å². The number of piperidine rings is 1. The van der Waals surface area contributed by atoms with Gasteiger partial charge in [0.2, 0.25) is 5.91 Å². The molecule has 0 N–H and O–H groups in total. The van der Waals surface area contributed by atoms with Crippen LogP contribution in [0.4, 0.5) is 13.2 Å². The third-order valence-electron chi connectivity index (χ3n) is 4.82. The summed E-state index contributed by atoms with van der Waals surface area (Å²) in [6.07, 6.45) is -1.55. The number of likely N-dealkylation sites (tertiary alicyclic amines) is 1. The highest BCUT2D eigenvalue weighted by Crippen LogP contribution is 2.40. The smallest absolute Gasteiger partial charge is 0.342 e. The van der Waals surface area contributed by atoms with Gasteiger partial charge in [0.15, 0.2) is 0 Å². The summed E-state index contributed by atoms with van der Waals surface area (Å²) in [6, 6.07) is 1.08. The van der Waals surface area contributed by atoms with Gasteiger partial charge < -0.3 is 9.42 Å². The Morgan fingerprint density at radius 3 is 2.81 bits per heavy atom. The molecule has 0 aromatic carbocycles. The predicted octanol–water partition coefficient (Wildman–Crippen LogP) is 4.31. The van der Waals surface area contributed by atoms with Crippen LogP contribution in [0.25, 0.3) is 11.1 Å². The largest absolute Gasteiger partial charge is 0.417 e. The zero-order chi connectivity index (χ0) is 18.9. The molecule has 0 saturated carbocycles. The molecule has 2 aromatic heterocycles. The highest BCUT2D eigenvalue weighted by Gasteiger charge is 2.38. The van der Waals surface area contributed by atoms with Crippen molar-refractivity contribution in [1.82, 2.24) is 15.0 Å². The van der Waals surface area contributed by atoms with Crippen molar-refractivity contribution in [1.29, 1.82) is 0 Å². The fourth-order valence-electron chi connectivity index (χ4n) is 3.51. The van der Waals surface area contributed by atoms with Crippen molar-refractivity contribution in [2.45, 2.75) is 58.0 Å². The fraction of sp³-hybridized carbons (Fsp3) is 0.611. The Balaban J connectivity index is 2.01. The SMILES string of the molecule is CCCC(=O)N1CCC[C@@H](c2noc3nc(CC)cc(C(F)(F)F)c23)C1. The monoisotopic (exact) mass is 369 g/mol. The molecule has 1 amide bonds. The van der Waals surface area contributed by atoms with Gasteiger partial charge in [-0.15, -0.1) is 0 Å². The number of carbonyl (C=O) groups is 1. The maximum atomic E-state index is 13.6. The maximum absolute atomic E-state index is 13.6. The normalized spacial score (nSPS) is 18.5. The summed E-state index contributed by atoms with van der Waals surface area (Å²) in [5.74, 6) is -0.242. The average molecular weight is 369 g/mol. The van der Waals surface area contributed by atoms with Crippen molar-refractivity contribution in [3.05, 3.63) is 23.0 Å². The molecule has 3 rings (SSSR count). The first kappa shape index (κ1) is 18.7. The Kier molecular flexibility index (Phi) is 5.20. The summed E-state index contributed by atoms with van der Waals surface area (Å²) < 4.78 is 46.0. The van der Waals surface area contributed by atoms with Gasteiger partial charge in [0.25, 0.3) is 5.71 Å². The molecule has 26 heavy (non-hydrogen) atoms. The first-order valence-electron chi connectivity index (χ1n) is 8.99. The first-order chi connectivity index (χ1) is 12.3. The Morgan fingerprint density at radius 2 is 2.15 bits per heavy atom. The van der Waals surface area contributed by atoms with Crippen molar-refractivity contribution in [3.63, 3.8) is 0 Å². The van der Waals surface area contributed by atoms with E-state index in [1.807, 2.05) is 6.92 Å². The van der Waals surface area contributed by atoms with E-state index >= 15 is 0 Å². The Morgan fingerprint density at radius 1 is 1.38 bits per heavy atom. The molecule has 0 spiro atoms. The summed E-state index contributed by atoms with van der Waals surface area (Å²) in [5, 5.41) is 3.87. The van der Waals surface area contributed by atoms with E-state index in [4.69, 9.17) is 4.52 Å². The molecule has 2 aromatic rings. The summed E-state index contributed by atoms with van der Waals surface area (Å²) >= 11 is 0. The second-order valence-electron chi connectivity index (χ2n) is 6.69. The predicted molar refractivity (Wildman–Crippen MR) is 89.6 cm³/mol. The molecule has 8 heteroatoms. The minimum absolute atomic E-state index is 0.0347. The molecular formula is C18H22F3N3O2. The lowest BCUT2D eigenvalue weighted by atomic mass is 9.91. The quantitative estimate of drug-likeness (QED) is 0.806. The molecule has 3 heterocycles. The summed E-state index contributed by atoms with van der Waals surface area (Å²) in [4.78, 5) is 18.1. The number of pyridine rings is 1. The van der Waals surface area contributed by atoms with Crippen molar-refractivity contribution < 1.29 is 22.5 Å². The number of hydrogen-bond donors (Lipinski definition) is 0. The second kappa shape index (κ2) is 7.25. The average Bonchev–Trinajstić information content (AvgIpc) is 3.04. The second-order valence-corrected chi connectivity index (χ2v) is 6.69. The maximum Gasteiger partial charge on any atom is 0.417 e. The third kappa shape index (κ3) is 3.54. The van der Waals surface area contributed by atoms with E-state index in [0.717, 1.165) is 18.9 Å². The number of carbonyl (C=O) groups excluding carboxylic acids is 1. The van der Waals surface area contributed by atoms with Gasteiger partial charge in [-0.2, -0.15) is 13.2 Å². The Hall–Kier alpha value is -2.12. The number of aromatic nitrogens is 2. The van der Waals surface area contributed by atoms with Crippen LogP contribution in [0.1, 0.15) is 62.4 Å². The molecule has 1 aliphatic rings. The molecule has 5 nitrogen and oxygen atoms in total. The molecule has 1 fully saturated rings. The number of aryl methyl sites for hydroxylation is 1. The van der Waals surface area contributed by atoms with Crippen molar-refractivity contribution >= 4 is 17.0 Å². The van der Waals surface area contributed by atoms with Crippen molar-refractivity contribution in [2.24, 2.45) is 0 Å². The van der Waals surface area contributed by atoms with E-state index in [1.54, 1.807) is 11.8 Å². The van der Waals surface area contributed by atoms with Crippen LogP contribution in [0.15, 0.2) is 10.6 Å². The molecule has 1 saturated heterocycles. The van der Waals surface area contributed by atoms with Crippen LogP contribution in [-0.2, 0) is 17.4 Å². The molecule has 0 bridgehead atoms. The number of rotatable bonds is 4. The topological polar surface area (TPSA) is 59.2 Å². The van der Waals surface area contributed by atoms with Crippen molar-refractivity contribution in [2.75, 3.05) is 13.1 Å². The van der Waals surface area contributed by atoms with E-state index in [-0.39, 0.29) is 28.6 Å². The lowest BCUT2D eigenvalue weighted by Gasteiger charge is -2.32. The first-order valence-corrected chi connectivity index (χ1v) is 8.99. The Labute approximate surface area is 149 Å². The van der Waals surface area contributed by atoms with Gasteiger partial charge in [0.05, 0.1) is 16.6 Å². The third-order valence-corrected chi connectivity index (χ3v) is 4.82. The number of hydrogen-bond acceptors (Lipinski definition) is 4. The number of amides is 1. The highest BCUT2D eigenvalue weighted by atomic mass is 19.4. The minimum Gasteiger partial charge on any atom is -0.342 e. The van der Waals surface area contributed by atoms with Gasteiger partial charge in [0.1, 0.15) is 0 Å². The van der Waals surface area contributed by atoms with Gasteiger partial charge in [-0.1, -0.05) is 19.0 Å². The van der Waals surface area contributed by atoms with Crippen LogP contribution < -0.4 is 0 Å². The number of fused-ring (bicyclic) bond motifs is 1. The summed E-state index contributed by atoms with van der Waals surface area (Å²) in [7, 11) is 0. The summed E-state index contributed by atoms with van der Waals surface area (Å²) in [6.45, 7) is 4.67. The van der Waals surface area contributed by atoms with Crippen LogP contribution in [0.2, 0.25) is 0 Å². The zero-order valence-electron chi connectivity index (χ0n) is 14.9. The van der Waals surface area contributed by atoms with E-state index in [0.29, 0.717) is 38.0 Å². The number of alkyl halides is 3. The number of halogens is 3. The molecule has 0 aliphatic carbocycles. The van der Waals surface area contributed by atoms with E-state index < -0.39 is 11.7 Å². The zero-order valence-corrected chi connectivity index (χ0v) is 14.9. The van der Waals surface area contributed by atoms with E-state index in [1.165, 1.54) is 0 Å². The van der Waals surface area contributed by atoms with Crippen LogP contribution in [0, 0.1) is 0 Å². The molecule has 1 aliphatic heterocycles. The van der Waals surface area contributed by atoms with Crippen molar-refractivity contribution in [3.8, 4) is 0 Å². The van der Waals surface area contributed by atoms with Crippen LogP contribution in [0.3, 0.4) is 0 Å². The summed E-state index contributed by atoms with van der Waals surface area (Å²) in [5.41, 5.74) is -0.260. The fourth-order valence-corrected chi connectivity index (χ4v) is 3.51. The molecule has 142 valence electrons. The molecule has 0 unspecified atom stereocenters. The molecule has 1 atom stereocenters. The van der Waals surface area contributed by atoms with E-state index in [9.17, 15) is 18.0 Å². The minimum atomic E-state index is -4.52. The van der Waals surface area contributed by atoms with Gasteiger partial charge >= 0.3 is 6.18 Å². The lowest BCUT2D eigenvalue weighted by Crippen LogP contribution is -2.39.